The first-order valence-corrected chi connectivity index (χ1v) is 18.4. The molecule has 0 bridgehead atoms. The molecule has 2 amide bonds. The molecule has 3 aliphatic heterocycles. The minimum atomic E-state index is -4.62. The van der Waals surface area contributed by atoms with Crippen LogP contribution in [0.1, 0.15) is 54.8 Å². The van der Waals surface area contributed by atoms with Crippen LogP contribution in [0, 0.1) is 5.92 Å². The summed E-state index contributed by atoms with van der Waals surface area (Å²) in [6.45, 7) is 7.26. The van der Waals surface area contributed by atoms with Crippen LogP contribution in [0.5, 0.6) is 5.75 Å². The largest absolute Gasteiger partial charge is 0.503 e. The molecule has 3 aromatic heterocycles. The molecule has 0 aliphatic carbocycles. The highest BCUT2D eigenvalue weighted by Gasteiger charge is 2.40. The fourth-order valence-electron chi connectivity index (χ4n) is 7.06. The molecule has 7 rings (SSSR count). The Bertz CT molecular complexity index is 2270. The Morgan fingerprint density at radius 2 is 1.82 bits per heavy atom. The molecule has 2 fully saturated rings. The first-order chi connectivity index (χ1) is 26.5. The number of ether oxygens (including phenoxy) is 1. The van der Waals surface area contributed by atoms with Crippen molar-refractivity contribution < 1.29 is 37.7 Å². The average molecular weight is 801 g/mol. The number of nitrogens with zero attached hydrogens (tertiary/aromatic N) is 9. The molecule has 20 heteroatoms. The van der Waals surface area contributed by atoms with Gasteiger partial charge >= 0.3 is 6.18 Å². The molecule has 298 valence electrons. The summed E-state index contributed by atoms with van der Waals surface area (Å²) < 4.78 is 47.8. The number of aliphatic hydroxyl groups is 1. The molecule has 2 saturated heterocycles. The van der Waals surface area contributed by atoms with E-state index in [1.807, 2.05) is 17.9 Å². The highest BCUT2D eigenvalue weighted by Crippen LogP contribution is 2.37. The summed E-state index contributed by atoms with van der Waals surface area (Å²) in [5.41, 5.74) is -1.08. The number of anilines is 3. The van der Waals surface area contributed by atoms with E-state index in [1.54, 1.807) is 23.3 Å². The van der Waals surface area contributed by atoms with Crippen LogP contribution in [0.4, 0.5) is 30.4 Å². The van der Waals surface area contributed by atoms with Crippen LogP contribution in [-0.2, 0) is 28.7 Å². The number of hydrogen-bond acceptors (Lipinski definition) is 12. The lowest BCUT2D eigenvalue weighted by atomic mass is 9.84. The Balaban J connectivity index is 1.16. The molecule has 4 aromatic rings. The second kappa shape index (κ2) is 15.0. The van der Waals surface area contributed by atoms with Crippen molar-refractivity contribution in [3.05, 3.63) is 68.8 Å². The van der Waals surface area contributed by atoms with Crippen molar-refractivity contribution in [3.8, 4) is 5.75 Å². The Kier molecular flexibility index (Phi) is 10.4. The molecule has 0 radical (unpaired) electrons. The molecular weight excluding hydrogens is 761 g/mol. The van der Waals surface area contributed by atoms with E-state index in [-0.39, 0.29) is 90.3 Å². The third kappa shape index (κ3) is 7.49. The molecule has 3 aliphatic rings. The zero-order chi connectivity index (χ0) is 40.1. The van der Waals surface area contributed by atoms with Crippen LogP contribution >= 0.6 is 11.6 Å². The van der Waals surface area contributed by atoms with Gasteiger partial charge in [-0.1, -0.05) is 24.6 Å². The minimum Gasteiger partial charge on any atom is -0.503 e. The first-order valence-electron chi connectivity index (χ1n) is 18.1. The third-order valence-electron chi connectivity index (χ3n) is 10.4. The summed E-state index contributed by atoms with van der Waals surface area (Å²) in [6.07, 6.45) is -0.813. The van der Waals surface area contributed by atoms with Crippen molar-refractivity contribution in [1.82, 2.24) is 34.0 Å². The van der Waals surface area contributed by atoms with E-state index in [1.165, 1.54) is 11.2 Å². The SMILES string of the molecule is CCc1c(N2CCN(C(=O)c3ncnc(N4CC(C(C)(C)O)C4)c3O)CC2)c(=O)n2nc(C3=CCOCC3)nc2n1CC(=O)Nc1ccc(C(F)(F)F)cc1Cl. The lowest BCUT2D eigenvalue weighted by Crippen LogP contribution is -2.56. The standard InChI is InChI=1S/C36H40ClF3N10O6/c1-4-25-28(46-9-11-47(12-10-46)32(53)27-29(52)31(42-19-41-27)48-16-22(17-48)35(2,3)55)33(54)50-34(44-30(45-50)20-7-13-56-14-8-20)49(25)18-26(51)43-24-6-5-21(15-23(24)37)36(38,39)40/h5-7,15,19,22,52,55H,4,8-14,16-18H2,1-3H3,(H,43,51). The highest BCUT2D eigenvalue weighted by molar-refractivity contribution is 6.33. The topological polar surface area (TPSA) is 184 Å². The van der Waals surface area contributed by atoms with Crippen LogP contribution in [0.2, 0.25) is 5.02 Å². The van der Waals surface area contributed by atoms with Gasteiger partial charge in [-0.05, 0) is 50.5 Å². The second-order valence-electron chi connectivity index (χ2n) is 14.4. The van der Waals surface area contributed by atoms with E-state index in [0.29, 0.717) is 38.4 Å². The van der Waals surface area contributed by atoms with Crippen molar-refractivity contribution in [3.63, 3.8) is 0 Å². The summed E-state index contributed by atoms with van der Waals surface area (Å²) in [7, 11) is 0. The van der Waals surface area contributed by atoms with Crippen molar-refractivity contribution >= 4 is 52.0 Å². The van der Waals surface area contributed by atoms with Gasteiger partial charge in [-0.2, -0.15) is 22.7 Å². The third-order valence-corrected chi connectivity index (χ3v) is 10.7. The van der Waals surface area contributed by atoms with Gasteiger partial charge in [0.05, 0.1) is 40.8 Å². The van der Waals surface area contributed by atoms with Crippen molar-refractivity contribution in [2.24, 2.45) is 5.92 Å². The van der Waals surface area contributed by atoms with Gasteiger partial charge in [0, 0.05) is 45.2 Å². The summed E-state index contributed by atoms with van der Waals surface area (Å²) in [4.78, 5) is 59.6. The monoisotopic (exact) mass is 800 g/mol. The number of rotatable bonds is 9. The lowest BCUT2D eigenvalue weighted by Gasteiger charge is -2.45. The van der Waals surface area contributed by atoms with Gasteiger partial charge in [-0.25, -0.2) is 9.97 Å². The number of carbonyl (C=O) groups excluding carboxylic acids is 2. The normalized spacial score (nSPS) is 16.9. The fourth-order valence-corrected chi connectivity index (χ4v) is 7.29. The molecule has 3 N–H and O–H groups in total. The highest BCUT2D eigenvalue weighted by atomic mass is 35.5. The molecule has 0 saturated carbocycles. The van der Waals surface area contributed by atoms with Crippen molar-refractivity contribution in [2.45, 2.75) is 51.9 Å². The van der Waals surface area contributed by atoms with E-state index in [9.17, 15) is 37.8 Å². The number of amides is 2. The van der Waals surface area contributed by atoms with E-state index < -0.39 is 34.7 Å². The summed E-state index contributed by atoms with van der Waals surface area (Å²) in [5, 5.41) is 28.2. The maximum Gasteiger partial charge on any atom is 0.416 e. The number of halogens is 4. The van der Waals surface area contributed by atoms with Gasteiger partial charge in [0.1, 0.15) is 18.6 Å². The fraction of sp³-hybridized carbons (Fsp3) is 0.472. The number of piperazine rings is 1. The number of nitrogens with one attached hydrogen (secondary N) is 1. The van der Waals surface area contributed by atoms with Gasteiger partial charge in [0.25, 0.3) is 11.5 Å². The molecule has 0 unspecified atom stereocenters. The molecule has 16 nitrogen and oxygen atoms in total. The molecule has 1 aromatic carbocycles. The number of aromatic nitrogens is 6. The number of benzene rings is 1. The summed E-state index contributed by atoms with van der Waals surface area (Å²) in [6, 6.07) is 2.62. The maximum atomic E-state index is 14.3. The molecule has 0 spiro atoms. The molecule has 6 heterocycles. The number of fused-ring (bicyclic) bond motifs is 1. The Morgan fingerprint density at radius 1 is 1.09 bits per heavy atom. The molecule has 0 atom stereocenters. The number of alkyl halides is 3. The van der Waals surface area contributed by atoms with Gasteiger partial charge in [0.15, 0.2) is 23.1 Å². The van der Waals surface area contributed by atoms with E-state index in [4.69, 9.17) is 16.3 Å². The number of hydrogen-bond donors (Lipinski definition) is 3. The van der Waals surface area contributed by atoms with Crippen molar-refractivity contribution in [1.29, 1.82) is 0 Å². The predicted molar refractivity (Wildman–Crippen MR) is 199 cm³/mol. The quantitative estimate of drug-likeness (QED) is 0.225. The molecular formula is C36H40ClF3N10O6. The Morgan fingerprint density at radius 3 is 2.45 bits per heavy atom. The van der Waals surface area contributed by atoms with Gasteiger partial charge in [-0.15, -0.1) is 5.10 Å². The Hall–Kier alpha value is -5.27. The van der Waals surface area contributed by atoms with Crippen LogP contribution in [0.3, 0.4) is 0 Å². The second-order valence-corrected chi connectivity index (χ2v) is 14.8. The van der Waals surface area contributed by atoms with Crippen molar-refractivity contribution in [2.75, 3.05) is 67.6 Å². The average Bonchev–Trinajstić information content (AvgIpc) is 3.59. The van der Waals surface area contributed by atoms with E-state index in [0.717, 1.165) is 28.3 Å². The summed E-state index contributed by atoms with van der Waals surface area (Å²) in [5.74, 6) is -0.954. The lowest BCUT2D eigenvalue weighted by molar-refractivity contribution is -0.137. The molecule has 56 heavy (non-hydrogen) atoms. The Labute approximate surface area is 323 Å². The van der Waals surface area contributed by atoms with Gasteiger partial charge < -0.3 is 39.5 Å². The van der Waals surface area contributed by atoms with E-state index in [2.05, 4.69) is 25.4 Å². The predicted octanol–water partition coefficient (Wildman–Crippen LogP) is 3.23. The van der Waals surface area contributed by atoms with Crippen LogP contribution in [-0.4, -0.2) is 114 Å². The zero-order valence-electron chi connectivity index (χ0n) is 30.8. The number of aromatic hydroxyl groups is 1. The maximum absolute atomic E-state index is 14.3. The van der Waals surface area contributed by atoms with Gasteiger partial charge in [-0.3, -0.25) is 14.4 Å². The zero-order valence-corrected chi connectivity index (χ0v) is 31.6. The van der Waals surface area contributed by atoms with Crippen LogP contribution < -0.4 is 20.7 Å². The summed E-state index contributed by atoms with van der Waals surface area (Å²) >= 11 is 6.13. The van der Waals surface area contributed by atoms with E-state index >= 15 is 0 Å². The minimum absolute atomic E-state index is 0.0275. The smallest absolute Gasteiger partial charge is 0.416 e. The first kappa shape index (κ1) is 39.0. The van der Waals surface area contributed by atoms with Crippen LogP contribution in [0.25, 0.3) is 11.4 Å². The van der Waals surface area contributed by atoms with Gasteiger partial charge in [0.2, 0.25) is 11.7 Å². The number of carbonyl (C=O) groups is 2. The van der Waals surface area contributed by atoms with Crippen LogP contribution in [0.15, 0.2) is 35.4 Å².